The van der Waals surface area contributed by atoms with Gasteiger partial charge in [0.25, 0.3) is 0 Å². The molecule has 1 unspecified atom stereocenters. The van der Waals surface area contributed by atoms with Gasteiger partial charge in [0.1, 0.15) is 5.75 Å². The fourth-order valence-corrected chi connectivity index (χ4v) is 3.58. The fraction of sp³-hybridized carbons (Fsp3) is 0.286. The Morgan fingerprint density at radius 1 is 1.39 bits per heavy atom. The number of halogens is 2. The molecule has 1 heterocycles. The van der Waals surface area contributed by atoms with Crippen molar-refractivity contribution in [1.29, 1.82) is 0 Å². The van der Waals surface area contributed by atoms with Gasteiger partial charge >= 0.3 is 0 Å². The Balaban J connectivity index is 2.43. The van der Waals surface area contributed by atoms with Crippen LogP contribution in [0.15, 0.2) is 34.1 Å². The van der Waals surface area contributed by atoms with Crippen LogP contribution in [0.25, 0.3) is 0 Å². The van der Waals surface area contributed by atoms with Crippen LogP contribution in [0.3, 0.4) is 0 Å². The van der Waals surface area contributed by atoms with Gasteiger partial charge in [0.05, 0.1) is 12.0 Å². The van der Waals surface area contributed by atoms with Gasteiger partial charge in [-0.05, 0) is 49.1 Å². The fourth-order valence-electron chi connectivity index (χ4n) is 1.79. The Morgan fingerprint density at radius 2 is 2.17 bits per heavy atom. The Bertz CT molecular complexity index is 538. The molecule has 0 spiro atoms. The topological polar surface area (TPSA) is 9.23 Å². The molecule has 0 saturated heterocycles. The lowest BCUT2D eigenvalue weighted by Crippen LogP contribution is -2.00. The third kappa shape index (κ3) is 2.90. The molecule has 0 N–H and O–H groups in total. The molecule has 1 nitrogen and oxygen atoms in total. The molecule has 18 heavy (non-hydrogen) atoms. The highest BCUT2D eigenvalue weighted by Gasteiger charge is 2.19. The van der Waals surface area contributed by atoms with E-state index in [1.165, 1.54) is 10.4 Å². The van der Waals surface area contributed by atoms with E-state index in [0.717, 1.165) is 15.8 Å². The number of benzene rings is 1. The van der Waals surface area contributed by atoms with Crippen LogP contribution in [0.5, 0.6) is 5.75 Å². The average Bonchev–Trinajstić information content (AvgIpc) is 2.77. The molecule has 1 aromatic heterocycles. The van der Waals surface area contributed by atoms with E-state index >= 15 is 0 Å². The van der Waals surface area contributed by atoms with Crippen molar-refractivity contribution < 1.29 is 4.74 Å². The van der Waals surface area contributed by atoms with Crippen LogP contribution in [-0.2, 0) is 0 Å². The average molecular weight is 346 g/mol. The zero-order chi connectivity index (χ0) is 13.1. The van der Waals surface area contributed by atoms with Gasteiger partial charge in [0.2, 0.25) is 0 Å². The first-order valence-corrected chi connectivity index (χ1v) is 7.84. The van der Waals surface area contributed by atoms with Crippen molar-refractivity contribution >= 4 is 38.9 Å². The van der Waals surface area contributed by atoms with Crippen LogP contribution in [-0.4, -0.2) is 6.61 Å². The van der Waals surface area contributed by atoms with Gasteiger partial charge in [0.15, 0.2) is 0 Å². The van der Waals surface area contributed by atoms with Crippen LogP contribution < -0.4 is 4.74 Å². The monoisotopic (exact) mass is 344 g/mol. The molecule has 0 aliphatic heterocycles. The number of alkyl halides is 1. The second-order valence-corrected chi connectivity index (χ2v) is 6.25. The highest BCUT2D eigenvalue weighted by Crippen LogP contribution is 2.40. The summed E-state index contributed by atoms with van der Waals surface area (Å²) in [6.07, 6.45) is 0. The number of thiophene rings is 1. The lowest BCUT2D eigenvalue weighted by molar-refractivity contribution is 0.337. The molecule has 2 aromatic rings. The molecule has 1 aromatic carbocycles. The first-order valence-electron chi connectivity index (χ1n) is 5.73. The van der Waals surface area contributed by atoms with Crippen molar-refractivity contribution in [2.24, 2.45) is 0 Å². The van der Waals surface area contributed by atoms with Crippen molar-refractivity contribution in [3.63, 3.8) is 0 Å². The standard InChI is InChI=1S/C14H14BrClOS/c1-3-17-12-5-4-10(15)8-11(12)13(16)14-9(2)6-7-18-14/h4-8,13H,3H2,1-2H3. The largest absolute Gasteiger partial charge is 0.494 e. The summed E-state index contributed by atoms with van der Waals surface area (Å²) in [4.78, 5) is 1.18. The molecule has 96 valence electrons. The Hall–Kier alpha value is -0.510. The molecule has 0 bridgehead atoms. The number of hydrogen-bond donors (Lipinski definition) is 0. The summed E-state index contributed by atoms with van der Waals surface area (Å²) in [7, 11) is 0. The van der Waals surface area contributed by atoms with Gasteiger partial charge in [-0.3, -0.25) is 0 Å². The Kier molecular flexibility index (Phi) is 4.71. The van der Waals surface area contributed by atoms with Gasteiger partial charge in [-0.1, -0.05) is 15.9 Å². The van der Waals surface area contributed by atoms with Crippen molar-refractivity contribution in [3.8, 4) is 5.75 Å². The van der Waals surface area contributed by atoms with Gasteiger partial charge in [-0.25, -0.2) is 0 Å². The molecule has 0 aliphatic rings. The minimum atomic E-state index is -0.163. The van der Waals surface area contributed by atoms with Crippen molar-refractivity contribution in [1.82, 2.24) is 0 Å². The van der Waals surface area contributed by atoms with Gasteiger partial charge in [-0.15, -0.1) is 22.9 Å². The van der Waals surface area contributed by atoms with E-state index in [1.54, 1.807) is 11.3 Å². The summed E-state index contributed by atoms with van der Waals surface area (Å²) in [6.45, 7) is 4.70. The quantitative estimate of drug-likeness (QED) is 0.660. The van der Waals surface area contributed by atoms with Gasteiger partial charge in [0, 0.05) is 14.9 Å². The lowest BCUT2D eigenvalue weighted by atomic mass is 10.1. The minimum Gasteiger partial charge on any atom is -0.494 e. The molecule has 4 heteroatoms. The number of hydrogen-bond acceptors (Lipinski definition) is 2. The number of aryl methyl sites for hydroxylation is 1. The SMILES string of the molecule is CCOc1ccc(Br)cc1C(Cl)c1sccc1C. The van der Waals surface area contributed by atoms with E-state index < -0.39 is 0 Å². The normalized spacial score (nSPS) is 12.4. The maximum Gasteiger partial charge on any atom is 0.124 e. The highest BCUT2D eigenvalue weighted by molar-refractivity contribution is 9.10. The van der Waals surface area contributed by atoms with Crippen molar-refractivity contribution in [2.45, 2.75) is 19.2 Å². The summed E-state index contributed by atoms with van der Waals surface area (Å²) in [5.41, 5.74) is 2.24. The maximum absolute atomic E-state index is 6.60. The summed E-state index contributed by atoms with van der Waals surface area (Å²) in [5, 5.41) is 1.90. The number of rotatable bonds is 4. The van der Waals surface area contributed by atoms with E-state index in [1.807, 2.05) is 25.1 Å². The molecule has 0 radical (unpaired) electrons. The van der Waals surface area contributed by atoms with Crippen LogP contribution in [0.1, 0.15) is 28.3 Å². The smallest absolute Gasteiger partial charge is 0.124 e. The highest BCUT2D eigenvalue weighted by atomic mass is 79.9. The molecule has 0 saturated carbocycles. The van der Waals surface area contributed by atoms with E-state index in [4.69, 9.17) is 16.3 Å². The summed E-state index contributed by atoms with van der Waals surface area (Å²) in [5.74, 6) is 0.855. The van der Waals surface area contributed by atoms with Crippen molar-refractivity contribution in [2.75, 3.05) is 6.61 Å². The van der Waals surface area contributed by atoms with Crippen LogP contribution in [0.2, 0.25) is 0 Å². The van der Waals surface area contributed by atoms with E-state index in [2.05, 4.69) is 34.3 Å². The van der Waals surface area contributed by atoms with Crippen LogP contribution in [0, 0.1) is 6.92 Å². The predicted octanol–water partition coefficient (Wildman–Crippen LogP) is 5.55. The van der Waals surface area contributed by atoms with Gasteiger partial charge in [-0.2, -0.15) is 0 Å². The predicted molar refractivity (Wildman–Crippen MR) is 82.1 cm³/mol. The maximum atomic E-state index is 6.60. The van der Waals surface area contributed by atoms with Gasteiger partial charge < -0.3 is 4.74 Å². The number of ether oxygens (including phenoxy) is 1. The molecule has 0 aliphatic carbocycles. The molecule has 0 amide bonds. The molecular weight excluding hydrogens is 332 g/mol. The van der Waals surface area contributed by atoms with Crippen molar-refractivity contribution in [3.05, 3.63) is 50.1 Å². The minimum absolute atomic E-state index is 0.163. The molecule has 1 atom stereocenters. The second-order valence-electron chi connectivity index (χ2n) is 3.95. The summed E-state index contributed by atoms with van der Waals surface area (Å²) < 4.78 is 6.67. The first kappa shape index (κ1) is 13.9. The van der Waals surface area contributed by atoms with E-state index in [-0.39, 0.29) is 5.38 Å². The second kappa shape index (κ2) is 6.09. The molecule has 2 rings (SSSR count). The van der Waals surface area contributed by atoms with Crippen LogP contribution >= 0.6 is 38.9 Å². The third-order valence-electron chi connectivity index (χ3n) is 2.68. The van der Waals surface area contributed by atoms with E-state index in [9.17, 15) is 0 Å². The molecule has 0 fully saturated rings. The Labute approximate surface area is 125 Å². The van der Waals surface area contributed by atoms with Crippen LogP contribution in [0.4, 0.5) is 0 Å². The Morgan fingerprint density at radius 3 is 2.78 bits per heavy atom. The summed E-state index contributed by atoms with van der Waals surface area (Å²) >= 11 is 11.8. The molecular formula is C14H14BrClOS. The third-order valence-corrected chi connectivity index (χ3v) is 4.84. The summed E-state index contributed by atoms with van der Waals surface area (Å²) in [6, 6.07) is 8.05. The zero-order valence-corrected chi connectivity index (χ0v) is 13.4. The zero-order valence-electron chi connectivity index (χ0n) is 10.2. The van der Waals surface area contributed by atoms with E-state index in [0.29, 0.717) is 6.61 Å². The lowest BCUT2D eigenvalue weighted by Gasteiger charge is -2.15. The first-order chi connectivity index (χ1) is 8.63.